The summed E-state index contributed by atoms with van der Waals surface area (Å²) in [6, 6.07) is 6.29. The van der Waals surface area contributed by atoms with Gasteiger partial charge in [-0.1, -0.05) is 11.3 Å². The molecule has 20 heavy (non-hydrogen) atoms. The van der Waals surface area contributed by atoms with Crippen molar-refractivity contribution >= 4 is 17.0 Å². The zero-order chi connectivity index (χ0) is 14.4. The van der Waals surface area contributed by atoms with E-state index in [2.05, 4.69) is 15.5 Å². The number of benzene rings is 1. The minimum Gasteiger partial charge on any atom is -0.383 e. The van der Waals surface area contributed by atoms with Crippen LogP contribution in [0, 0.1) is 10.1 Å². The second-order valence-corrected chi connectivity index (χ2v) is 5.04. The van der Waals surface area contributed by atoms with E-state index in [4.69, 9.17) is 4.74 Å². The molecule has 2 rings (SSSR count). The second-order valence-electron chi connectivity index (χ2n) is 3.97. The summed E-state index contributed by atoms with van der Waals surface area (Å²) in [5.41, 5.74) is 0.899. The van der Waals surface area contributed by atoms with Gasteiger partial charge >= 0.3 is 0 Å². The quantitative estimate of drug-likeness (QED) is 0.476. The van der Waals surface area contributed by atoms with Crippen LogP contribution in [0.2, 0.25) is 0 Å². The van der Waals surface area contributed by atoms with Crippen LogP contribution >= 0.6 is 11.3 Å². The third kappa shape index (κ3) is 3.80. The van der Waals surface area contributed by atoms with Crippen LogP contribution in [0.25, 0.3) is 10.6 Å². The fourth-order valence-corrected chi connectivity index (χ4v) is 2.35. The average Bonchev–Trinajstić information content (AvgIpc) is 2.92. The lowest BCUT2D eigenvalue weighted by atomic mass is 10.2. The summed E-state index contributed by atoms with van der Waals surface area (Å²) >= 11 is 1.46. The fourth-order valence-electron chi connectivity index (χ4n) is 1.54. The van der Waals surface area contributed by atoms with E-state index in [-0.39, 0.29) is 5.69 Å². The van der Waals surface area contributed by atoms with Gasteiger partial charge in [0.15, 0.2) is 0 Å². The summed E-state index contributed by atoms with van der Waals surface area (Å²) in [4.78, 5) is 10.2. The molecule has 7 nitrogen and oxygen atoms in total. The van der Waals surface area contributed by atoms with Crippen molar-refractivity contribution in [3.8, 4) is 10.6 Å². The van der Waals surface area contributed by atoms with Gasteiger partial charge in [-0.15, -0.1) is 10.2 Å². The molecule has 0 radical (unpaired) electrons. The highest BCUT2D eigenvalue weighted by Crippen LogP contribution is 2.25. The summed E-state index contributed by atoms with van der Waals surface area (Å²) in [7, 11) is 1.65. The molecule has 0 bridgehead atoms. The van der Waals surface area contributed by atoms with Crippen LogP contribution in [0.15, 0.2) is 24.3 Å². The number of nitrogens with zero attached hydrogens (tertiary/aromatic N) is 3. The lowest BCUT2D eigenvalue weighted by molar-refractivity contribution is -0.384. The summed E-state index contributed by atoms with van der Waals surface area (Å²) in [6.07, 6.45) is 0. The minimum atomic E-state index is -0.422. The molecule has 2 aromatic rings. The van der Waals surface area contributed by atoms with Crippen LogP contribution in [0.1, 0.15) is 5.01 Å². The zero-order valence-electron chi connectivity index (χ0n) is 10.9. The van der Waals surface area contributed by atoms with E-state index >= 15 is 0 Å². The molecule has 0 spiro atoms. The molecule has 1 aromatic heterocycles. The molecule has 0 aliphatic rings. The number of rotatable bonds is 7. The Bertz CT molecular complexity index is 570. The smallest absolute Gasteiger partial charge is 0.269 e. The summed E-state index contributed by atoms with van der Waals surface area (Å²) in [6.45, 7) is 2.03. The van der Waals surface area contributed by atoms with Gasteiger partial charge in [0, 0.05) is 37.9 Å². The molecular weight excluding hydrogens is 280 g/mol. The van der Waals surface area contributed by atoms with Crippen LogP contribution in [-0.2, 0) is 11.3 Å². The normalized spacial score (nSPS) is 10.7. The van der Waals surface area contributed by atoms with Crippen molar-refractivity contribution in [1.29, 1.82) is 0 Å². The van der Waals surface area contributed by atoms with Crippen molar-refractivity contribution in [2.24, 2.45) is 0 Å². The average molecular weight is 294 g/mol. The Morgan fingerprint density at radius 1 is 1.35 bits per heavy atom. The Morgan fingerprint density at radius 3 is 2.75 bits per heavy atom. The highest BCUT2D eigenvalue weighted by molar-refractivity contribution is 7.14. The molecule has 1 N–H and O–H groups in total. The molecule has 0 saturated heterocycles. The number of ether oxygens (including phenoxy) is 1. The van der Waals surface area contributed by atoms with E-state index in [1.807, 2.05) is 0 Å². The number of nitrogens with one attached hydrogen (secondary N) is 1. The highest BCUT2D eigenvalue weighted by atomic mass is 32.1. The Labute approximate surface area is 119 Å². The minimum absolute atomic E-state index is 0.0692. The van der Waals surface area contributed by atoms with E-state index in [0.29, 0.717) is 13.2 Å². The SMILES string of the molecule is COCCNCc1nnc(-c2ccc([N+](=O)[O-])cc2)s1. The van der Waals surface area contributed by atoms with Crippen molar-refractivity contribution in [3.63, 3.8) is 0 Å². The first-order valence-corrected chi connectivity index (χ1v) is 6.79. The molecule has 0 fully saturated rings. The van der Waals surface area contributed by atoms with E-state index in [1.165, 1.54) is 23.5 Å². The van der Waals surface area contributed by atoms with Gasteiger partial charge in [-0.3, -0.25) is 10.1 Å². The third-order valence-electron chi connectivity index (χ3n) is 2.55. The van der Waals surface area contributed by atoms with Crippen LogP contribution in [0.5, 0.6) is 0 Å². The molecule has 0 aliphatic carbocycles. The van der Waals surface area contributed by atoms with Gasteiger partial charge in [-0.05, 0) is 12.1 Å². The van der Waals surface area contributed by atoms with Gasteiger partial charge < -0.3 is 10.1 Å². The topological polar surface area (TPSA) is 90.2 Å². The van der Waals surface area contributed by atoms with Gasteiger partial charge in [-0.25, -0.2) is 0 Å². The largest absolute Gasteiger partial charge is 0.383 e. The maximum Gasteiger partial charge on any atom is 0.269 e. The second kappa shape index (κ2) is 7.04. The van der Waals surface area contributed by atoms with Crippen LogP contribution in [0.3, 0.4) is 0 Å². The van der Waals surface area contributed by atoms with Crippen LogP contribution < -0.4 is 5.32 Å². The van der Waals surface area contributed by atoms with Crippen LogP contribution in [0.4, 0.5) is 5.69 Å². The first kappa shape index (κ1) is 14.5. The van der Waals surface area contributed by atoms with Gasteiger partial charge in [0.05, 0.1) is 11.5 Å². The number of nitro benzene ring substituents is 1. The Hall–Kier alpha value is -1.90. The van der Waals surface area contributed by atoms with Crippen molar-refractivity contribution in [2.75, 3.05) is 20.3 Å². The molecule has 106 valence electrons. The number of hydrogen-bond donors (Lipinski definition) is 1. The molecular formula is C12H14N4O3S. The molecule has 0 aliphatic heterocycles. The summed E-state index contributed by atoms with van der Waals surface area (Å²) in [5, 5.41) is 23.6. The molecule has 0 unspecified atom stereocenters. The number of hydrogen-bond acceptors (Lipinski definition) is 7. The number of aromatic nitrogens is 2. The van der Waals surface area contributed by atoms with Gasteiger partial charge in [0.1, 0.15) is 10.0 Å². The maximum absolute atomic E-state index is 10.6. The van der Waals surface area contributed by atoms with Crippen molar-refractivity contribution in [2.45, 2.75) is 6.54 Å². The molecule has 0 amide bonds. The zero-order valence-corrected chi connectivity index (χ0v) is 11.7. The number of methoxy groups -OCH3 is 1. The maximum atomic E-state index is 10.6. The van der Waals surface area contributed by atoms with Crippen molar-refractivity contribution in [3.05, 3.63) is 39.4 Å². The first-order chi connectivity index (χ1) is 9.70. The van der Waals surface area contributed by atoms with E-state index in [0.717, 1.165) is 22.1 Å². The monoisotopic (exact) mass is 294 g/mol. The Kier molecular flexibility index (Phi) is 5.10. The molecule has 8 heteroatoms. The molecule has 0 saturated carbocycles. The Morgan fingerprint density at radius 2 is 2.10 bits per heavy atom. The molecule has 0 atom stereocenters. The fraction of sp³-hybridized carbons (Fsp3) is 0.333. The number of nitro groups is 1. The van der Waals surface area contributed by atoms with Gasteiger partial charge in [0.25, 0.3) is 5.69 Å². The van der Waals surface area contributed by atoms with E-state index < -0.39 is 4.92 Å². The van der Waals surface area contributed by atoms with Crippen LogP contribution in [-0.4, -0.2) is 35.4 Å². The van der Waals surface area contributed by atoms with Gasteiger partial charge in [-0.2, -0.15) is 0 Å². The standard InChI is InChI=1S/C12H14N4O3S/c1-19-7-6-13-8-11-14-15-12(20-11)9-2-4-10(5-3-9)16(17)18/h2-5,13H,6-8H2,1H3. The first-order valence-electron chi connectivity index (χ1n) is 5.97. The summed E-state index contributed by atoms with van der Waals surface area (Å²) < 4.78 is 4.93. The molecule has 1 aromatic carbocycles. The number of non-ortho nitro benzene ring substituents is 1. The van der Waals surface area contributed by atoms with Crippen molar-refractivity contribution < 1.29 is 9.66 Å². The highest BCUT2D eigenvalue weighted by Gasteiger charge is 2.09. The lowest BCUT2D eigenvalue weighted by Crippen LogP contribution is -2.18. The Balaban J connectivity index is 1.99. The molecule has 1 heterocycles. The van der Waals surface area contributed by atoms with Gasteiger partial charge in [0.2, 0.25) is 0 Å². The van der Waals surface area contributed by atoms with E-state index in [1.54, 1.807) is 19.2 Å². The lowest BCUT2D eigenvalue weighted by Gasteiger charge is -1.99. The third-order valence-corrected chi connectivity index (χ3v) is 3.52. The predicted molar refractivity (Wildman–Crippen MR) is 75.6 cm³/mol. The predicted octanol–water partition coefficient (Wildman–Crippen LogP) is 1.85. The summed E-state index contributed by atoms with van der Waals surface area (Å²) in [5.74, 6) is 0. The van der Waals surface area contributed by atoms with Crippen molar-refractivity contribution in [1.82, 2.24) is 15.5 Å². The van der Waals surface area contributed by atoms with E-state index in [9.17, 15) is 10.1 Å².